The van der Waals surface area contributed by atoms with E-state index in [9.17, 15) is 9.59 Å². The molecule has 1 saturated heterocycles. The van der Waals surface area contributed by atoms with Crippen LogP contribution < -0.4 is 5.32 Å². The molecule has 0 aromatic rings. The smallest absolute Gasteiger partial charge is 0.245 e. The molecule has 96 valence electrons. The number of piperazine rings is 1. The van der Waals surface area contributed by atoms with Crippen molar-refractivity contribution in [3.8, 4) is 0 Å². The van der Waals surface area contributed by atoms with Crippen LogP contribution >= 0.6 is 0 Å². The number of rotatable bonds is 4. The average molecular weight is 238 g/mol. The molecule has 0 aromatic heterocycles. The molecule has 2 fully saturated rings. The van der Waals surface area contributed by atoms with Gasteiger partial charge in [-0.3, -0.25) is 9.59 Å². The van der Waals surface area contributed by atoms with Crippen LogP contribution in [0.1, 0.15) is 40.0 Å². The van der Waals surface area contributed by atoms with Crippen LogP contribution in [0.15, 0.2) is 0 Å². The number of amides is 2. The SMILES string of the molecule is CCC1NC(=O)CN(CC2(C(C)C)CC2)C1=O. The molecular formula is C13H22N2O2. The first-order valence-electron chi connectivity index (χ1n) is 6.56. The lowest BCUT2D eigenvalue weighted by molar-refractivity contribution is -0.145. The average Bonchev–Trinajstić information content (AvgIpc) is 3.04. The molecule has 1 saturated carbocycles. The van der Waals surface area contributed by atoms with Gasteiger partial charge in [0.15, 0.2) is 0 Å². The van der Waals surface area contributed by atoms with Crippen LogP contribution in [-0.2, 0) is 9.59 Å². The van der Waals surface area contributed by atoms with Gasteiger partial charge in [-0.25, -0.2) is 0 Å². The second-order valence-electron chi connectivity index (χ2n) is 5.74. The summed E-state index contributed by atoms with van der Waals surface area (Å²) in [7, 11) is 0. The van der Waals surface area contributed by atoms with Gasteiger partial charge in [0.2, 0.25) is 11.8 Å². The molecule has 1 aliphatic heterocycles. The lowest BCUT2D eigenvalue weighted by Gasteiger charge is -2.35. The van der Waals surface area contributed by atoms with Gasteiger partial charge in [-0.05, 0) is 30.6 Å². The highest BCUT2D eigenvalue weighted by atomic mass is 16.2. The van der Waals surface area contributed by atoms with Crippen LogP contribution in [0, 0.1) is 11.3 Å². The minimum absolute atomic E-state index is 0.0176. The van der Waals surface area contributed by atoms with E-state index in [-0.39, 0.29) is 29.8 Å². The molecular weight excluding hydrogens is 216 g/mol. The zero-order chi connectivity index (χ0) is 12.6. The van der Waals surface area contributed by atoms with Crippen LogP contribution in [0.25, 0.3) is 0 Å². The zero-order valence-electron chi connectivity index (χ0n) is 11.0. The number of hydrogen-bond acceptors (Lipinski definition) is 2. The normalized spacial score (nSPS) is 27.3. The fourth-order valence-electron chi connectivity index (χ4n) is 2.64. The van der Waals surface area contributed by atoms with E-state index in [1.54, 1.807) is 4.90 Å². The summed E-state index contributed by atoms with van der Waals surface area (Å²) in [5, 5.41) is 2.75. The first-order chi connectivity index (χ1) is 7.98. The third kappa shape index (κ3) is 2.31. The molecule has 0 spiro atoms. The zero-order valence-corrected chi connectivity index (χ0v) is 11.0. The highest BCUT2D eigenvalue weighted by molar-refractivity contribution is 5.94. The Hall–Kier alpha value is -1.06. The summed E-state index contributed by atoms with van der Waals surface area (Å²) in [5.74, 6) is 0.662. The Morgan fingerprint density at radius 1 is 1.41 bits per heavy atom. The number of nitrogens with zero attached hydrogens (tertiary/aromatic N) is 1. The maximum absolute atomic E-state index is 12.1. The molecule has 1 heterocycles. The Balaban J connectivity index is 2.04. The fourth-order valence-corrected chi connectivity index (χ4v) is 2.64. The number of carbonyl (C=O) groups is 2. The first-order valence-corrected chi connectivity index (χ1v) is 6.56. The van der Waals surface area contributed by atoms with E-state index in [0.717, 1.165) is 6.54 Å². The Morgan fingerprint density at radius 3 is 2.53 bits per heavy atom. The number of carbonyl (C=O) groups excluding carboxylic acids is 2. The summed E-state index contributed by atoms with van der Waals surface area (Å²) in [4.78, 5) is 25.5. The molecule has 17 heavy (non-hydrogen) atoms. The summed E-state index contributed by atoms with van der Waals surface area (Å²) < 4.78 is 0. The number of nitrogens with one attached hydrogen (secondary N) is 1. The van der Waals surface area contributed by atoms with Crippen molar-refractivity contribution in [2.75, 3.05) is 13.1 Å². The van der Waals surface area contributed by atoms with E-state index in [1.165, 1.54) is 12.8 Å². The summed E-state index contributed by atoms with van der Waals surface area (Å²) in [5.41, 5.74) is 0.283. The van der Waals surface area contributed by atoms with Crippen LogP contribution in [0.5, 0.6) is 0 Å². The number of hydrogen-bond donors (Lipinski definition) is 1. The molecule has 2 amide bonds. The van der Waals surface area contributed by atoms with E-state index in [2.05, 4.69) is 19.2 Å². The summed E-state index contributed by atoms with van der Waals surface area (Å²) in [6.45, 7) is 7.34. The van der Waals surface area contributed by atoms with Crippen molar-refractivity contribution >= 4 is 11.8 Å². The molecule has 1 N–H and O–H groups in total. The minimum atomic E-state index is -0.306. The predicted molar refractivity (Wildman–Crippen MR) is 65.3 cm³/mol. The Bertz CT molecular complexity index is 334. The summed E-state index contributed by atoms with van der Waals surface area (Å²) >= 11 is 0. The van der Waals surface area contributed by atoms with E-state index in [4.69, 9.17) is 0 Å². The molecule has 2 rings (SSSR count). The highest BCUT2D eigenvalue weighted by Crippen LogP contribution is 2.52. The van der Waals surface area contributed by atoms with Gasteiger partial charge in [-0.15, -0.1) is 0 Å². The summed E-state index contributed by atoms with van der Waals surface area (Å²) in [6.07, 6.45) is 3.05. The second-order valence-corrected chi connectivity index (χ2v) is 5.74. The minimum Gasteiger partial charge on any atom is -0.343 e. The first kappa shape index (κ1) is 12.4. The van der Waals surface area contributed by atoms with Crippen molar-refractivity contribution in [3.05, 3.63) is 0 Å². The maximum atomic E-state index is 12.1. The highest BCUT2D eigenvalue weighted by Gasteiger charge is 2.48. The topological polar surface area (TPSA) is 49.4 Å². The molecule has 4 heteroatoms. The third-order valence-electron chi connectivity index (χ3n) is 4.31. The lowest BCUT2D eigenvalue weighted by atomic mass is 9.91. The van der Waals surface area contributed by atoms with Crippen molar-refractivity contribution < 1.29 is 9.59 Å². The van der Waals surface area contributed by atoms with Crippen molar-refractivity contribution in [2.45, 2.75) is 46.1 Å². The van der Waals surface area contributed by atoms with Crippen molar-refractivity contribution in [3.63, 3.8) is 0 Å². The van der Waals surface area contributed by atoms with E-state index in [1.807, 2.05) is 6.92 Å². The van der Waals surface area contributed by atoms with Crippen molar-refractivity contribution in [2.24, 2.45) is 11.3 Å². The van der Waals surface area contributed by atoms with Gasteiger partial charge < -0.3 is 10.2 Å². The van der Waals surface area contributed by atoms with Crippen molar-refractivity contribution in [1.82, 2.24) is 10.2 Å². The second kappa shape index (κ2) is 4.31. The Kier molecular flexibility index (Phi) is 3.15. The van der Waals surface area contributed by atoms with Crippen LogP contribution in [-0.4, -0.2) is 35.8 Å². The fraction of sp³-hybridized carbons (Fsp3) is 0.846. The van der Waals surface area contributed by atoms with Gasteiger partial charge in [0.25, 0.3) is 0 Å². The standard InChI is InChI=1S/C13H22N2O2/c1-4-10-12(17)15(7-11(16)14-10)8-13(5-6-13)9(2)3/h9-10H,4-8H2,1-3H3,(H,14,16). The lowest BCUT2D eigenvalue weighted by Crippen LogP contribution is -2.59. The van der Waals surface area contributed by atoms with Gasteiger partial charge >= 0.3 is 0 Å². The Morgan fingerprint density at radius 2 is 2.06 bits per heavy atom. The summed E-state index contributed by atoms with van der Waals surface area (Å²) in [6, 6.07) is -0.306. The van der Waals surface area contributed by atoms with Gasteiger partial charge in [0.1, 0.15) is 6.04 Å². The van der Waals surface area contributed by atoms with Crippen LogP contribution in [0.3, 0.4) is 0 Å². The molecule has 1 unspecified atom stereocenters. The quantitative estimate of drug-likeness (QED) is 0.799. The van der Waals surface area contributed by atoms with Gasteiger partial charge in [-0.1, -0.05) is 20.8 Å². The van der Waals surface area contributed by atoms with Crippen LogP contribution in [0.2, 0.25) is 0 Å². The molecule has 0 radical (unpaired) electrons. The maximum Gasteiger partial charge on any atom is 0.245 e. The predicted octanol–water partition coefficient (Wildman–Crippen LogP) is 1.16. The molecule has 0 aromatic carbocycles. The van der Waals surface area contributed by atoms with Gasteiger partial charge in [0, 0.05) is 6.54 Å². The molecule has 4 nitrogen and oxygen atoms in total. The monoisotopic (exact) mass is 238 g/mol. The molecule has 1 aliphatic carbocycles. The van der Waals surface area contributed by atoms with Crippen LogP contribution in [0.4, 0.5) is 0 Å². The largest absolute Gasteiger partial charge is 0.343 e. The molecule has 0 bridgehead atoms. The van der Waals surface area contributed by atoms with Gasteiger partial charge in [0.05, 0.1) is 6.54 Å². The van der Waals surface area contributed by atoms with E-state index < -0.39 is 0 Å². The van der Waals surface area contributed by atoms with E-state index in [0.29, 0.717) is 12.3 Å². The van der Waals surface area contributed by atoms with Gasteiger partial charge in [-0.2, -0.15) is 0 Å². The molecule has 1 atom stereocenters. The van der Waals surface area contributed by atoms with Crippen molar-refractivity contribution in [1.29, 1.82) is 0 Å². The molecule has 2 aliphatic rings. The van der Waals surface area contributed by atoms with E-state index >= 15 is 0 Å². The Labute approximate surface area is 103 Å². The third-order valence-corrected chi connectivity index (χ3v) is 4.31.